The second-order valence-corrected chi connectivity index (χ2v) is 8.11. The van der Waals surface area contributed by atoms with Crippen molar-refractivity contribution in [1.29, 1.82) is 0 Å². The number of imide groups is 1. The van der Waals surface area contributed by atoms with Crippen molar-refractivity contribution in [3.63, 3.8) is 0 Å². The molecule has 2 aliphatic heterocycles. The molecule has 0 spiro atoms. The van der Waals surface area contributed by atoms with Gasteiger partial charge in [0.1, 0.15) is 11.7 Å². The normalized spacial score (nSPS) is 23.2. The fraction of sp³-hybridized carbons (Fsp3) is 0.130. The van der Waals surface area contributed by atoms with Gasteiger partial charge in [0.2, 0.25) is 5.91 Å². The van der Waals surface area contributed by atoms with E-state index in [4.69, 9.17) is 4.84 Å². The van der Waals surface area contributed by atoms with E-state index in [0.717, 1.165) is 10.2 Å². The average Bonchev–Trinajstić information content (AvgIpc) is 3.27. The highest BCUT2D eigenvalue weighted by molar-refractivity contribution is 9.10. The van der Waals surface area contributed by atoms with Crippen LogP contribution in [-0.4, -0.2) is 17.9 Å². The third-order valence-electron chi connectivity index (χ3n) is 5.42. The van der Waals surface area contributed by atoms with Crippen LogP contribution in [0.5, 0.6) is 0 Å². The molecule has 3 atom stereocenters. The van der Waals surface area contributed by atoms with Crippen LogP contribution < -0.4 is 9.96 Å². The number of hydrogen-bond acceptors (Lipinski definition) is 4. The van der Waals surface area contributed by atoms with E-state index in [1.165, 1.54) is 17.0 Å². The number of hydrogen-bond donors (Lipinski definition) is 0. The number of amides is 2. The van der Waals surface area contributed by atoms with Crippen molar-refractivity contribution in [3.05, 3.63) is 94.7 Å². The van der Waals surface area contributed by atoms with Crippen LogP contribution in [0, 0.1) is 11.7 Å². The minimum absolute atomic E-state index is 0.333. The summed E-state index contributed by atoms with van der Waals surface area (Å²) < 4.78 is 14.4. The minimum Gasteiger partial charge on any atom is -0.273 e. The number of carbonyl (C=O) groups is 2. The lowest BCUT2D eigenvalue weighted by molar-refractivity contribution is -0.126. The molecular formula is C23H16BrFN2O3. The molecule has 2 saturated heterocycles. The maximum absolute atomic E-state index is 13.5. The molecule has 0 saturated carbocycles. The van der Waals surface area contributed by atoms with Gasteiger partial charge in [-0.2, -0.15) is 0 Å². The Labute approximate surface area is 180 Å². The molecule has 2 heterocycles. The van der Waals surface area contributed by atoms with E-state index in [9.17, 15) is 14.0 Å². The van der Waals surface area contributed by atoms with Gasteiger partial charge in [0.05, 0.1) is 17.4 Å². The van der Waals surface area contributed by atoms with E-state index in [0.29, 0.717) is 11.3 Å². The van der Waals surface area contributed by atoms with Gasteiger partial charge >= 0.3 is 0 Å². The molecule has 0 aromatic heterocycles. The molecular weight excluding hydrogens is 451 g/mol. The lowest BCUT2D eigenvalue weighted by Crippen LogP contribution is -2.37. The Balaban J connectivity index is 1.58. The van der Waals surface area contributed by atoms with E-state index >= 15 is 0 Å². The van der Waals surface area contributed by atoms with E-state index < -0.39 is 24.0 Å². The third-order valence-corrected chi connectivity index (χ3v) is 5.95. The van der Waals surface area contributed by atoms with Crippen molar-refractivity contribution in [1.82, 2.24) is 0 Å². The fourth-order valence-corrected chi connectivity index (χ4v) is 4.32. The summed E-state index contributed by atoms with van der Waals surface area (Å²) in [6, 6.07) is 21.6. The number of halogens is 2. The molecule has 3 aromatic rings. The van der Waals surface area contributed by atoms with Crippen molar-refractivity contribution < 1.29 is 18.8 Å². The summed E-state index contributed by atoms with van der Waals surface area (Å²) in [5.41, 5.74) is 1.92. The van der Waals surface area contributed by atoms with Gasteiger partial charge in [0.15, 0.2) is 6.10 Å². The summed E-state index contributed by atoms with van der Waals surface area (Å²) >= 11 is 3.36. The van der Waals surface area contributed by atoms with Gasteiger partial charge in [-0.3, -0.25) is 14.4 Å². The zero-order valence-electron chi connectivity index (χ0n) is 15.6. The molecule has 30 heavy (non-hydrogen) atoms. The molecule has 0 unspecified atom stereocenters. The Kier molecular flexibility index (Phi) is 4.64. The van der Waals surface area contributed by atoms with Crippen LogP contribution in [0.3, 0.4) is 0 Å². The monoisotopic (exact) mass is 466 g/mol. The van der Waals surface area contributed by atoms with Crippen molar-refractivity contribution >= 4 is 39.1 Å². The first-order chi connectivity index (χ1) is 14.5. The molecule has 7 heteroatoms. The number of rotatable bonds is 3. The quantitative estimate of drug-likeness (QED) is 0.527. The second kappa shape index (κ2) is 7.34. The molecule has 0 bridgehead atoms. The molecule has 150 valence electrons. The highest BCUT2D eigenvalue weighted by Gasteiger charge is 2.60. The van der Waals surface area contributed by atoms with E-state index in [2.05, 4.69) is 15.9 Å². The lowest BCUT2D eigenvalue weighted by Gasteiger charge is -2.28. The summed E-state index contributed by atoms with van der Waals surface area (Å²) in [6.07, 6.45) is -0.948. The predicted octanol–water partition coefficient (Wildman–Crippen LogP) is 4.64. The number of anilines is 2. The number of carbonyl (C=O) groups excluding carboxylic acids is 2. The molecule has 5 nitrogen and oxygen atoms in total. The Morgan fingerprint density at radius 1 is 0.800 bits per heavy atom. The number of fused-ring (bicyclic) bond motifs is 1. The van der Waals surface area contributed by atoms with Crippen molar-refractivity contribution in [2.24, 2.45) is 5.92 Å². The zero-order chi connectivity index (χ0) is 20.8. The summed E-state index contributed by atoms with van der Waals surface area (Å²) in [5, 5.41) is 1.59. The SMILES string of the molecule is O=C1[C@H]2[C@@H](ON(c3ccccc3)[C@H]2c2ccc(F)cc2)C(=O)N1c1ccc(Br)cc1. The molecule has 2 aliphatic rings. The third kappa shape index (κ3) is 3.02. The summed E-state index contributed by atoms with van der Waals surface area (Å²) in [6.45, 7) is 0. The van der Waals surface area contributed by atoms with Crippen LogP contribution in [0.1, 0.15) is 11.6 Å². The summed E-state index contributed by atoms with van der Waals surface area (Å²) in [7, 11) is 0. The first-order valence-electron chi connectivity index (χ1n) is 9.44. The van der Waals surface area contributed by atoms with Crippen LogP contribution in [0.4, 0.5) is 15.8 Å². The van der Waals surface area contributed by atoms with Gasteiger partial charge in [0, 0.05) is 4.47 Å². The van der Waals surface area contributed by atoms with Crippen LogP contribution in [0.15, 0.2) is 83.3 Å². The van der Waals surface area contributed by atoms with E-state index in [1.807, 2.05) is 30.3 Å². The summed E-state index contributed by atoms with van der Waals surface area (Å²) in [5.74, 6) is -1.85. The van der Waals surface area contributed by atoms with Crippen LogP contribution in [-0.2, 0) is 14.4 Å². The summed E-state index contributed by atoms with van der Waals surface area (Å²) in [4.78, 5) is 33.8. The smallest absolute Gasteiger partial charge is 0.266 e. The topological polar surface area (TPSA) is 49.9 Å². The zero-order valence-corrected chi connectivity index (χ0v) is 17.2. The maximum atomic E-state index is 13.5. The van der Waals surface area contributed by atoms with E-state index in [1.54, 1.807) is 41.5 Å². The minimum atomic E-state index is -0.948. The maximum Gasteiger partial charge on any atom is 0.266 e. The standard InChI is InChI=1S/C23H16BrFN2O3/c24-15-8-12-17(13-9-15)26-22(28)19-20(14-6-10-16(25)11-7-14)27(30-21(19)23(26)29)18-4-2-1-3-5-18/h1-13,19-21H/t19-,20+,21-/m1/s1. The molecule has 3 aromatic carbocycles. The van der Waals surface area contributed by atoms with Crippen molar-refractivity contribution in [3.8, 4) is 0 Å². The highest BCUT2D eigenvalue weighted by Crippen LogP contribution is 2.47. The van der Waals surface area contributed by atoms with Gasteiger partial charge in [0.25, 0.3) is 5.91 Å². The Bertz CT molecular complexity index is 1110. The Hall–Kier alpha value is -3.03. The molecule has 2 fully saturated rings. The number of hydroxylamine groups is 1. The second-order valence-electron chi connectivity index (χ2n) is 7.20. The van der Waals surface area contributed by atoms with Crippen LogP contribution in [0.25, 0.3) is 0 Å². The number of benzene rings is 3. The van der Waals surface area contributed by atoms with Gasteiger partial charge in [-0.1, -0.05) is 46.3 Å². The first-order valence-corrected chi connectivity index (χ1v) is 10.2. The van der Waals surface area contributed by atoms with Crippen molar-refractivity contribution in [2.75, 3.05) is 9.96 Å². The van der Waals surface area contributed by atoms with Gasteiger partial charge in [-0.05, 0) is 54.1 Å². The van der Waals surface area contributed by atoms with Gasteiger partial charge in [-0.15, -0.1) is 0 Å². The number of nitrogens with zero attached hydrogens (tertiary/aromatic N) is 2. The predicted molar refractivity (Wildman–Crippen MR) is 113 cm³/mol. The fourth-order valence-electron chi connectivity index (χ4n) is 4.06. The number of para-hydroxylation sites is 1. The van der Waals surface area contributed by atoms with E-state index in [-0.39, 0.29) is 11.7 Å². The van der Waals surface area contributed by atoms with Crippen LogP contribution in [0.2, 0.25) is 0 Å². The largest absolute Gasteiger partial charge is 0.273 e. The highest BCUT2D eigenvalue weighted by atomic mass is 79.9. The van der Waals surface area contributed by atoms with Gasteiger partial charge in [-0.25, -0.2) is 14.4 Å². The first kappa shape index (κ1) is 19.0. The van der Waals surface area contributed by atoms with Gasteiger partial charge < -0.3 is 0 Å². The Morgan fingerprint density at radius 2 is 1.47 bits per heavy atom. The molecule has 2 amide bonds. The average molecular weight is 467 g/mol. The molecule has 0 radical (unpaired) electrons. The molecule has 5 rings (SSSR count). The van der Waals surface area contributed by atoms with Crippen molar-refractivity contribution in [2.45, 2.75) is 12.1 Å². The Morgan fingerprint density at radius 3 is 2.13 bits per heavy atom. The molecule has 0 aliphatic carbocycles. The van der Waals surface area contributed by atoms with Crippen LogP contribution >= 0.6 is 15.9 Å². The molecule has 0 N–H and O–H groups in total. The lowest BCUT2D eigenvalue weighted by atomic mass is 9.90.